The minimum absolute atomic E-state index is 0.0833. The van der Waals surface area contributed by atoms with Crippen LogP contribution in [0, 0.1) is 0 Å². The van der Waals surface area contributed by atoms with Crippen molar-refractivity contribution in [1.29, 1.82) is 0 Å². The number of rotatable bonds is 7. The molecule has 1 aromatic carbocycles. The number of carbonyl (C=O) groups excluding carboxylic acids is 1. The van der Waals surface area contributed by atoms with Crippen LogP contribution in [0.25, 0.3) is 0 Å². The molecule has 0 radical (unpaired) electrons. The highest BCUT2D eigenvalue weighted by molar-refractivity contribution is 5.74. The van der Waals surface area contributed by atoms with E-state index in [4.69, 9.17) is 0 Å². The summed E-state index contributed by atoms with van der Waals surface area (Å²) in [6, 6.07) is 8.88. The van der Waals surface area contributed by atoms with Crippen molar-refractivity contribution < 1.29 is 4.79 Å². The lowest BCUT2D eigenvalue weighted by Gasteiger charge is -2.36. The van der Waals surface area contributed by atoms with E-state index >= 15 is 0 Å². The molecule has 1 aromatic rings. The molecule has 1 aliphatic heterocycles. The minimum Gasteiger partial charge on any atom is -0.372 e. The molecule has 1 fully saturated rings. The van der Waals surface area contributed by atoms with Crippen LogP contribution in [-0.4, -0.2) is 56.7 Å². The smallest absolute Gasteiger partial charge is 0.317 e. The third kappa shape index (κ3) is 4.79. The Hall–Kier alpha value is -1.91. The lowest BCUT2D eigenvalue weighted by atomic mass is 10.2. The first kappa shape index (κ1) is 18.4. The van der Waals surface area contributed by atoms with Crippen molar-refractivity contribution in [3.63, 3.8) is 0 Å². The molecule has 0 unspecified atom stereocenters. The van der Waals surface area contributed by atoms with E-state index in [1.807, 2.05) is 4.90 Å². The molecule has 2 rings (SSSR count). The number of unbranched alkanes of at least 4 members (excludes halogenated alkanes) is 1. The number of hydrogen-bond donors (Lipinski definition) is 1. The average molecular weight is 332 g/mol. The van der Waals surface area contributed by atoms with Gasteiger partial charge in [-0.15, -0.1) is 0 Å². The van der Waals surface area contributed by atoms with Crippen molar-refractivity contribution in [1.82, 2.24) is 10.2 Å². The minimum atomic E-state index is 0.0833. The summed E-state index contributed by atoms with van der Waals surface area (Å²) >= 11 is 0. The van der Waals surface area contributed by atoms with Crippen molar-refractivity contribution >= 4 is 17.4 Å². The van der Waals surface area contributed by atoms with Crippen molar-refractivity contribution in [2.45, 2.75) is 33.6 Å². The predicted octanol–water partition coefficient (Wildman–Crippen LogP) is 3.16. The van der Waals surface area contributed by atoms with Crippen LogP contribution in [0.5, 0.6) is 0 Å². The largest absolute Gasteiger partial charge is 0.372 e. The van der Waals surface area contributed by atoms with E-state index in [-0.39, 0.29) is 6.03 Å². The molecule has 24 heavy (non-hydrogen) atoms. The molecule has 1 heterocycles. The number of anilines is 2. The van der Waals surface area contributed by atoms with E-state index < -0.39 is 0 Å². The second-order valence-electron chi connectivity index (χ2n) is 6.25. The zero-order valence-electron chi connectivity index (χ0n) is 15.4. The SMILES string of the molecule is CCCCNC(=O)N1CCN(c2ccc(N(CC)CC)cc2)CC1. The summed E-state index contributed by atoms with van der Waals surface area (Å²) in [4.78, 5) is 18.7. The zero-order chi connectivity index (χ0) is 17.4. The molecular formula is C19H32N4O. The normalized spacial score (nSPS) is 14.6. The van der Waals surface area contributed by atoms with Gasteiger partial charge < -0.3 is 20.0 Å². The average Bonchev–Trinajstić information content (AvgIpc) is 2.63. The van der Waals surface area contributed by atoms with Crippen LogP contribution < -0.4 is 15.1 Å². The fraction of sp³-hybridized carbons (Fsp3) is 0.632. The molecular weight excluding hydrogens is 300 g/mol. The number of urea groups is 1. The molecule has 0 aliphatic carbocycles. The number of nitrogens with one attached hydrogen (secondary N) is 1. The maximum absolute atomic E-state index is 12.1. The summed E-state index contributed by atoms with van der Waals surface area (Å²) in [6.07, 6.45) is 2.15. The number of carbonyl (C=O) groups is 1. The summed E-state index contributed by atoms with van der Waals surface area (Å²) in [5, 5.41) is 3.00. The van der Waals surface area contributed by atoms with Gasteiger partial charge in [0.1, 0.15) is 0 Å². The maximum atomic E-state index is 12.1. The van der Waals surface area contributed by atoms with E-state index in [2.05, 4.69) is 60.2 Å². The Balaban J connectivity index is 1.84. The fourth-order valence-corrected chi connectivity index (χ4v) is 3.11. The van der Waals surface area contributed by atoms with Gasteiger partial charge in [0, 0.05) is 57.2 Å². The Bertz CT molecular complexity index is 491. The van der Waals surface area contributed by atoms with Crippen LogP contribution in [0.2, 0.25) is 0 Å². The van der Waals surface area contributed by atoms with Gasteiger partial charge in [-0.05, 0) is 44.5 Å². The van der Waals surface area contributed by atoms with Gasteiger partial charge >= 0.3 is 6.03 Å². The topological polar surface area (TPSA) is 38.8 Å². The molecule has 134 valence electrons. The van der Waals surface area contributed by atoms with Crippen LogP contribution in [0.15, 0.2) is 24.3 Å². The van der Waals surface area contributed by atoms with Crippen LogP contribution in [0.3, 0.4) is 0 Å². The molecule has 0 saturated carbocycles. The molecule has 2 amide bonds. The predicted molar refractivity (Wildman–Crippen MR) is 102 cm³/mol. The second kappa shape index (κ2) is 9.40. The monoisotopic (exact) mass is 332 g/mol. The first-order chi connectivity index (χ1) is 11.7. The number of nitrogens with zero attached hydrogens (tertiary/aromatic N) is 3. The highest BCUT2D eigenvalue weighted by Crippen LogP contribution is 2.21. The lowest BCUT2D eigenvalue weighted by Crippen LogP contribution is -2.52. The van der Waals surface area contributed by atoms with Gasteiger partial charge in [-0.3, -0.25) is 0 Å². The second-order valence-corrected chi connectivity index (χ2v) is 6.25. The highest BCUT2D eigenvalue weighted by atomic mass is 16.2. The Kier molecular flexibility index (Phi) is 7.22. The Morgan fingerprint density at radius 3 is 2.21 bits per heavy atom. The Morgan fingerprint density at radius 1 is 1.04 bits per heavy atom. The summed E-state index contributed by atoms with van der Waals surface area (Å²) in [5.74, 6) is 0. The van der Waals surface area contributed by atoms with Crippen LogP contribution in [-0.2, 0) is 0 Å². The summed E-state index contributed by atoms with van der Waals surface area (Å²) in [7, 11) is 0. The van der Waals surface area contributed by atoms with Crippen LogP contribution in [0.4, 0.5) is 16.2 Å². The third-order valence-electron chi connectivity index (χ3n) is 4.72. The van der Waals surface area contributed by atoms with Crippen molar-refractivity contribution in [3.05, 3.63) is 24.3 Å². The molecule has 1 saturated heterocycles. The first-order valence-corrected chi connectivity index (χ1v) is 9.32. The molecule has 0 aromatic heterocycles. The summed E-state index contributed by atoms with van der Waals surface area (Å²) < 4.78 is 0. The number of hydrogen-bond acceptors (Lipinski definition) is 3. The maximum Gasteiger partial charge on any atom is 0.317 e. The molecule has 0 atom stereocenters. The van der Waals surface area contributed by atoms with Crippen molar-refractivity contribution in [2.24, 2.45) is 0 Å². The number of benzene rings is 1. The van der Waals surface area contributed by atoms with Gasteiger partial charge in [-0.25, -0.2) is 4.79 Å². The molecule has 0 spiro atoms. The van der Waals surface area contributed by atoms with Gasteiger partial charge in [0.25, 0.3) is 0 Å². The standard InChI is InChI=1S/C19H32N4O/c1-4-7-12-20-19(24)23-15-13-22(14-16-23)18-10-8-17(9-11-18)21(5-2)6-3/h8-11H,4-7,12-16H2,1-3H3,(H,20,24). The van der Waals surface area contributed by atoms with Crippen molar-refractivity contribution in [2.75, 3.05) is 55.6 Å². The Morgan fingerprint density at radius 2 is 1.67 bits per heavy atom. The van der Waals surface area contributed by atoms with E-state index in [9.17, 15) is 4.79 Å². The lowest BCUT2D eigenvalue weighted by molar-refractivity contribution is 0.194. The number of piperazine rings is 1. The molecule has 1 N–H and O–H groups in total. The van der Waals surface area contributed by atoms with E-state index in [0.29, 0.717) is 0 Å². The molecule has 0 bridgehead atoms. The molecule has 1 aliphatic rings. The van der Waals surface area contributed by atoms with Gasteiger partial charge in [0.05, 0.1) is 0 Å². The molecule has 5 heteroatoms. The first-order valence-electron chi connectivity index (χ1n) is 9.32. The van der Waals surface area contributed by atoms with Crippen molar-refractivity contribution in [3.8, 4) is 0 Å². The zero-order valence-corrected chi connectivity index (χ0v) is 15.4. The fourth-order valence-electron chi connectivity index (χ4n) is 3.11. The van der Waals surface area contributed by atoms with Gasteiger partial charge in [0.15, 0.2) is 0 Å². The van der Waals surface area contributed by atoms with Gasteiger partial charge in [-0.1, -0.05) is 13.3 Å². The summed E-state index contributed by atoms with van der Waals surface area (Å²) in [5.41, 5.74) is 2.52. The van der Waals surface area contributed by atoms with E-state index in [1.54, 1.807) is 0 Å². The van der Waals surface area contributed by atoms with Crippen LogP contribution >= 0.6 is 0 Å². The molecule has 5 nitrogen and oxygen atoms in total. The summed E-state index contributed by atoms with van der Waals surface area (Å²) in [6.45, 7) is 12.7. The van der Waals surface area contributed by atoms with E-state index in [1.165, 1.54) is 11.4 Å². The highest BCUT2D eigenvalue weighted by Gasteiger charge is 2.20. The third-order valence-corrected chi connectivity index (χ3v) is 4.72. The van der Waals surface area contributed by atoms with E-state index in [0.717, 1.165) is 58.7 Å². The number of amides is 2. The Labute approximate surface area is 146 Å². The van der Waals surface area contributed by atoms with Gasteiger partial charge in [-0.2, -0.15) is 0 Å². The van der Waals surface area contributed by atoms with Gasteiger partial charge in [0.2, 0.25) is 0 Å². The van der Waals surface area contributed by atoms with Crippen LogP contribution in [0.1, 0.15) is 33.6 Å². The quantitative estimate of drug-likeness (QED) is 0.780.